The van der Waals surface area contributed by atoms with Gasteiger partial charge in [-0.05, 0) is 75.5 Å². The highest BCUT2D eigenvalue weighted by molar-refractivity contribution is 7.89. The molecule has 0 aliphatic carbocycles. The van der Waals surface area contributed by atoms with Crippen LogP contribution in [0.4, 0.5) is 4.79 Å². The van der Waals surface area contributed by atoms with Crippen LogP contribution in [-0.4, -0.2) is 41.6 Å². The minimum absolute atomic E-state index is 0.0707. The summed E-state index contributed by atoms with van der Waals surface area (Å²) in [5.74, 6) is 0. The first-order chi connectivity index (χ1) is 15.1. The Morgan fingerprint density at radius 2 is 1.21 bits per heavy atom. The van der Waals surface area contributed by atoms with Crippen molar-refractivity contribution in [3.8, 4) is 0 Å². The van der Waals surface area contributed by atoms with Crippen LogP contribution in [0.25, 0.3) is 0 Å². The molecule has 0 saturated carbocycles. The second kappa shape index (κ2) is 12.1. The largest absolute Gasteiger partial charge is 0.444 e. The molecule has 0 fully saturated rings. The molecule has 0 atom stereocenters. The van der Waals surface area contributed by atoms with Crippen LogP contribution in [0.3, 0.4) is 0 Å². The number of primary sulfonamides is 2. The van der Waals surface area contributed by atoms with Crippen LogP contribution < -0.4 is 21.3 Å². The molecule has 2 aromatic rings. The maximum absolute atomic E-state index is 11.4. The van der Waals surface area contributed by atoms with Gasteiger partial charge < -0.3 is 15.8 Å². The van der Waals surface area contributed by atoms with Crippen molar-refractivity contribution >= 4 is 26.1 Å². The highest BCUT2D eigenvalue weighted by atomic mass is 32.2. The van der Waals surface area contributed by atoms with Crippen LogP contribution in [0.15, 0.2) is 58.3 Å². The van der Waals surface area contributed by atoms with Crippen molar-refractivity contribution in [2.75, 3.05) is 13.1 Å². The summed E-state index contributed by atoms with van der Waals surface area (Å²) in [4.78, 5) is 11.6. The van der Waals surface area contributed by atoms with E-state index in [2.05, 4.69) is 5.32 Å². The number of nitrogens with one attached hydrogen (secondary N) is 1. The zero-order valence-electron chi connectivity index (χ0n) is 18.9. The number of hydrogen-bond acceptors (Lipinski definition) is 7. The molecule has 33 heavy (non-hydrogen) atoms. The third kappa shape index (κ3) is 11.8. The van der Waals surface area contributed by atoms with Crippen LogP contribution in [0.5, 0.6) is 0 Å². The molecule has 0 heterocycles. The van der Waals surface area contributed by atoms with E-state index in [4.69, 9.17) is 20.7 Å². The summed E-state index contributed by atoms with van der Waals surface area (Å²) >= 11 is 0. The molecule has 2 rings (SSSR count). The molecule has 0 saturated heterocycles. The molecule has 0 aliphatic heterocycles. The zero-order valence-corrected chi connectivity index (χ0v) is 20.6. The summed E-state index contributed by atoms with van der Waals surface area (Å²) in [6, 6.07) is 12.6. The Morgan fingerprint density at radius 1 is 0.818 bits per heavy atom. The van der Waals surface area contributed by atoms with Gasteiger partial charge in [0.2, 0.25) is 20.0 Å². The molecular formula is C21H32N4O6S2. The van der Waals surface area contributed by atoms with E-state index in [0.29, 0.717) is 19.5 Å². The molecule has 0 spiro atoms. The smallest absolute Gasteiger partial charge is 0.407 e. The van der Waals surface area contributed by atoms with Crippen LogP contribution in [0.1, 0.15) is 31.9 Å². The van der Waals surface area contributed by atoms with Crippen molar-refractivity contribution in [1.82, 2.24) is 5.32 Å². The number of sulfonamides is 2. The fraction of sp³-hybridized carbons (Fsp3) is 0.381. The average Bonchev–Trinajstić information content (AvgIpc) is 2.67. The minimum atomic E-state index is -3.66. The van der Waals surface area contributed by atoms with Gasteiger partial charge in [-0.15, -0.1) is 0 Å². The first kappa shape index (κ1) is 28.5. The van der Waals surface area contributed by atoms with E-state index in [1.54, 1.807) is 45.0 Å². The molecule has 0 unspecified atom stereocenters. The van der Waals surface area contributed by atoms with E-state index < -0.39 is 31.7 Å². The third-order valence-corrected chi connectivity index (χ3v) is 5.88. The van der Waals surface area contributed by atoms with E-state index in [1.807, 2.05) is 0 Å². The van der Waals surface area contributed by atoms with Crippen LogP contribution >= 0.6 is 0 Å². The van der Waals surface area contributed by atoms with Crippen molar-refractivity contribution < 1.29 is 26.4 Å². The number of carbonyl (C=O) groups is 1. The monoisotopic (exact) mass is 500 g/mol. The molecule has 0 bridgehead atoms. The zero-order chi connectivity index (χ0) is 25.3. The number of carbonyl (C=O) groups excluding carboxylic acids is 1. The SMILES string of the molecule is CC(C)(C)OC(=O)NCCc1ccc(S(N)(=O)=O)cc1.NCCc1ccc(S(N)(=O)=O)cc1. The van der Waals surface area contributed by atoms with Gasteiger partial charge in [0, 0.05) is 6.54 Å². The number of amides is 1. The fourth-order valence-corrected chi connectivity index (χ4v) is 3.51. The molecule has 184 valence electrons. The fourth-order valence-electron chi connectivity index (χ4n) is 2.48. The van der Waals surface area contributed by atoms with Crippen LogP contribution in [0.2, 0.25) is 0 Å². The lowest BCUT2D eigenvalue weighted by molar-refractivity contribution is 0.0528. The number of benzene rings is 2. The second-order valence-corrected chi connectivity index (χ2v) is 11.2. The van der Waals surface area contributed by atoms with Crippen molar-refractivity contribution in [2.45, 2.75) is 49.0 Å². The topological polar surface area (TPSA) is 185 Å². The minimum Gasteiger partial charge on any atom is -0.444 e. The summed E-state index contributed by atoms with van der Waals surface area (Å²) in [7, 11) is -7.23. The van der Waals surface area contributed by atoms with Crippen LogP contribution in [-0.2, 0) is 37.6 Å². The lowest BCUT2D eigenvalue weighted by Gasteiger charge is -2.19. The molecule has 0 aromatic heterocycles. The van der Waals surface area contributed by atoms with Gasteiger partial charge in [0.15, 0.2) is 0 Å². The average molecular weight is 501 g/mol. The van der Waals surface area contributed by atoms with Gasteiger partial charge in [0.1, 0.15) is 5.60 Å². The summed E-state index contributed by atoms with van der Waals surface area (Å²) in [5, 5.41) is 12.6. The lowest BCUT2D eigenvalue weighted by Crippen LogP contribution is -2.33. The number of ether oxygens (including phenoxy) is 1. The molecule has 7 N–H and O–H groups in total. The summed E-state index contributed by atoms with van der Waals surface area (Å²) in [5.41, 5.74) is 6.72. The van der Waals surface area contributed by atoms with Gasteiger partial charge in [-0.3, -0.25) is 0 Å². The van der Waals surface area contributed by atoms with E-state index in [-0.39, 0.29) is 9.79 Å². The van der Waals surface area contributed by atoms with Gasteiger partial charge >= 0.3 is 6.09 Å². The lowest BCUT2D eigenvalue weighted by atomic mass is 10.1. The van der Waals surface area contributed by atoms with Gasteiger partial charge in [-0.2, -0.15) is 0 Å². The van der Waals surface area contributed by atoms with E-state index in [0.717, 1.165) is 17.5 Å². The molecule has 12 heteroatoms. The number of alkyl carbamates (subject to hydrolysis) is 1. The predicted molar refractivity (Wildman–Crippen MR) is 126 cm³/mol. The van der Waals surface area contributed by atoms with E-state index in [1.165, 1.54) is 24.3 Å². The van der Waals surface area contributed by atoms with E-state index >= 15 is 0 Å². The summed E-state index contributed by atoms with van der Waals surface area (Å²) < 4.78 is 49.0. The number of hydrogen-bond donors (Lipinski definition) is 4. The van der Waals surface area contributed by atoms with Crippen molar-refractivity contribution in [3.05, 3.63) is 59.7 Å². The van der Waals surface area contributed by atoms with Crippen molar-refractivity contribution in [1.29, 1.82) is 0 Å². The maximum Gasteiger partial charge on any atom is 0.407 e. The molecule has 2 aromatic carbocycles. The second-order valence-electron chi connectivity index (χ2n) is 8.10. The highest BCUT2D eigenvalue weighted by Gasteiger charge is 2.15. The Morgan fingerprint density at radius 3 is 1.55 bits per heavy atom. The first-order valence-corrected chi connectivity index (χ1v) is 13.1. The van der Waals surface area contributed by atoms with Gasteiger partial charge in [0.25, 0.3) is 0 Å². The quantitative estimate of drug-likeness (QED) is 0.440. The summed E-state index contributed by atoms with van der Waals surface area (Å²) in [6.07, 6.45) is 0.841. The Kier molecular flexibility index (Phi) is 10.5. The van der Waals surface area contributed by atoms with Crippen LogP contribution in [0, 0.1) is 0 Å². The van der Waals surface area contributed by atoms with Gasteiger partial charge in [-0.1, -0.05) is 24.3 Å². The molecule has 1 amide bonds. The molecule has 0 radical (unpaired) electrons. The first-order valence-electron chi connectivity index (χ1n) is 10.0. The van der Waals surface area contributed by atoms with Crippen molar-refractivity contribution in [2.24, 2.45) is 16.0 Å². The Bertz CT molecular complexity index is 1110. The standard InChI is InChI=1S/C13H20N2O4S.C8H12N2O2S/c1-13(2,3)19-12(16)15-9-8-10-4-6-11(7-5-10)20(14,17)18;9-6-5-7-1-3-8(4-2-7)13(10,11)12/h4-7H,8-9H2,1-3H3,(H,15,16)(H2,14,17,18);1-4H,5-6,9H2,(H2,10,11,12). The Labute approximate surface area is 195 Å². The third-order valence-electron chi connectivity index (χ3n) is 4.02. The number of rotatable bonds is 7. The van der Waals surface area contributed by atoms with Gasteiger partial charge in [0.05, 0.1) is 9.79 Å². The van der Waals surface area contributed by atoms with Crippen molar-refractivity contribution in [3.63, 3.8) is 0 Å². The maximum atomic E-state index is 11.4. The Hall–Kier alpha value is -2.51. The molecule has 10 nitrogen and oxygen atoms in total. The van der Waals surface area contributed by atoms with Gasteiger partial charge in [-0.25, -0.2) is 31.9 Å². The Balaban J connectivity index is 0.000000361. The number of nitrogens with two attached hydrogens (primary N) is 3. The predicted octanol–water partition coefficient (Wildman–Crippen LogP) is 1.24. The normalized spacial score (nSPS) is 11.8. The highest BCUT2D eigenvalue weighted by Crippen LogP contribution is 2.10. The molecular weight excluding hydrogens is 468 g/mol. The van der Waals surface area contributed by atoms with E-state index in [9.17, 15) is 21.6 Å². The molecule has 0 aliphatic rings. The summed E-state index contributed by atoms with van der Waals surface area (Å²) in [6.45, 7) is 6.33.